The molecular weight excluding hydrogens is 309 g/mol. The number of piperazine rings is 1. The Kier molecular flexibility index (Phi) is 4.95. The summed E-state index contributed by atoms with van der Waals surface area (Å²) in [5, 5.41) is 0. The van der Waals surface area contributed by atoms with Crippen molar-refractivity contribution >= 4 is 15.9 Å². The Bertz CT molecular complexity index is 441. The molecule has 106 valence electrons. The molecular formula is C14H21BrFN3. The molecule has 1 aliphatic rings. The lowest BCUT2D eigenvalue weighted by Gasteiger charge is -2.43. The van der Waals surface area contributed by atoms with Gasteiger partial charge in [-0.25, -0.2) is 4.39 Å². The van der Waals surface area contributed by atoms with Crippen LogP contribution in [0.4, 0.5) is 4.39 Å². The van der Waals surface area contributed by atoms with Gasteiger partial charge in [0, 0.05) is 42.7 Å². The minimum atomic E-state index is -0.224. The SMILES string of the molecule is CC1CN(C)CCN1C(CN)c1ccc(F)cc1Br. The number of benzene rings is 1. The van der Waals surface area contributed by atoms with Crippen molar-refractivity contribution in [2.24, 2.45) is 5.73 Å². The summed E-state index contributed by atoms with van der Waals surface area (Å²) in [5.74, 6) is -0.224. The number of hydrogen-bond donors (Lipinski definition) is 1. The van der Waals surface area contributed by atoms with Crippen LogP contribution in [0, 0.1) is 5.82 Å². The minimum absolute atomic E-state index is 0.138. The van der Waals surface area contributed by atoms with E-state index >= 15 is 0 Å². The van der Waals surface area contributed by atoms with Gasteiger partial charge in [0.1, 0.15) is 5.82 Å². The van der Waals surface area contributed by atoms with Gasteiger partial charge in [0.2, 0.25) is 0 Å². The van der Waals surface area contributed by atoms with E-state index in [1.807, 2.05) is 6.07 Å². The van der Waals surface area contributed by atoms with Crippen LogP contribution in [0.25, 0.3) is 0 Å². The van der Waals surface area contributed by atoms with Crippen molar-refractivity contribution in [3.8, 4) is 0 Å². The van der Waals surface area contributed by atoms with Crippen LogP contribution in [0.1, 0.15) is 18.5 Å². The summed E-state index contributed by atoms with van der Waals surface area (Å²) < 4.78 is 14.0. The van der Waals surface area contributed by atoms with Crippen LogP contribution < -0.4 is 5.73 Å². The molecule has 2 rings (SSSR count). The van der Waals surface area contributed by atoms with Gasteiger partial charge >= 0.3 is 0 Å². The largest absolute Gasteiger partial charge is 0.329 e. The molecule has 0 aromatic heterocycles. The number of halogens is 2. The van der Waals surface area contributed by atoms with Crippen LogP contribution in [-0.4, -0.2) is 49.1 Å². The van der Waals surface area contributed by atoms with Gasteiger partial charge < -0.3 is 10.6 Å². The highest BCUT2D eigenvalue weighted by atomic mass is 79.9. The van der Waals surface area contributed by atoms with Crippen molar-refractivity contribution in [3.05, 3.63) is 34.1 Å². The van der Waals surface area contributed by atoms with Gasteiger partial charge in [-0.2, -0.15) is 0 Å². The molecule has 1 fully saturated rings. The van der Waals surface area contributed by atoms with Crippen LogP contribution in [0.2, 0.25) is 0 Å². The van der Waals surface area contributed by atoms with Crippen LogP contribution in [0.5, 0.6) is 0 Å². The molecule has 0 radical (unpaired) electrons. The van der Waals surface area contributed by atoms with Crippen LogP contribution in [0.3, 0.4) is 0 Å². The van der Waals surface area contributed by atoms with E-state index in [1.165, 1.54) is 12.1 Å². The Morgan fingerprint density at radius 3 is 2.79 bits per heavy atom. The van der Waals surface area contributed by atoms with Gasteiger partial charge in [0.05, 0.1) is 0 Å². The first-order chi connectivity index (χ1) is 9.02. The normalized spacial score (nSPS) is 23.5. The lowest BCUT2D eigenvalue weighted by atomic mass is 10.0. The summed E-state index contributed by atoms with van der Waals surface area (Å²) in [6.45, 7) is 5.83. The Morgan fingerprint density at radius 2 is 2.21 bits per heavy atom. The van der Waals surface area contributed by atoms with Crippen LogP contribution >= 0.6 is 15.9 Å². The van der Waals surface area contributed by atoms with E-state index in [0.717, 1.165) is 29.7 Å². The summed E-state index contributed by atoms with van der Waals surface area (Å²) in [6.07, 6.45) is 0. The highest BCUT2D eigenvalue weighted by Crippen LogP contribution is 2.30. The van der Waals surface area contributed by atoms with Gasteiger partial charge in [-0.3, -0.25) is 4.90 Å². The molecule has 0 saturated carbocycles. The van der Waals surface area contributed by atoms with E-state index in [4.69, 9.17) is 5.73 Å². The van der Waals surface area contributed by atoms with Crippen LogP contribution in [-0.2, 0) is 0 Å². The highest BCUT2D eigenvalue weighted by molar-refractivity contribution is 9.10. The third-order valence-corrected chi connectivity index (χ3v) is 4.51. The maximum atomic E-state index is 13.2. The zero-order valence-electron chi connectivity index (χ0n) is 11.4. The summed E-state index contributed by atoms with van der Waals surface area (Å²) in [4.78, 5) is 4.74. The molecule has 2 N–H and O–H groups in total. The molecule has 0 spiro atoms. The van der Waals surface area contributed by atoms with E-state index in [9.17, 15) is 4.39 Å². The second kappa shape index (κ2) is 6.31. The quantitative estimate of drug-likeness (QED) is 0.922. The van der Waals surface area contributed by atoms with Gasteiger partial charge in [-0.05, 0) is 31.7 Å². The molecule has 19 heavy (non-hydrogen) atoms. The van der Waals surface area contributed by atoms with Crippen molar-refractivity contribution < 1.29 is 4.39 Å². The fraction of sp³-hybridized carbons (Fsp3) is 0.571. The number of hydrogen-bond acceptors (Lipinski definition) is 3. The fourth-order valence-corrected chi connectivity index (χ4v) is 3.44. The smallest absolute Gasteiger partial charge is 0.124 e. The standard InChI is InChI=1S/C14H21BrFN3/c1-10-9-18(2)5-6-19(10)14(8-17)12-4-3-11(16)7-13(12)15/h3-4,7,10,14H,5-6,8-9,17H2,1-2H3. The second-order valence-corrected chi connectivity index (χ2v) is 6.12. The third kappa shape index (κ3) is 3.34. The van der Waals surface area contributed by atoms with Gasteiger partial charge in [-0.1, -0.05) is 22.0 Å². The fourth-order valence-electron chi connectivity index (χ4n) is 2.83. The number of likely N-dealkylation sites (N-methyl/N-ethyl adjacent to an activating group) is 1. The molecule has 2 unspecified atom stereocenters. The number of nitrogens with two attached hydrogens (primary N) is 1. The Hall–Kier alpha value is -0.490. The molecule has 1 aliphatic heterocycles. The zero-order valence-corrected chi connectivity index (χ0v) is 13.0. The van der Waals surface area contributed by atoms with E-state index in [0.29, 0.717) is 12.6 Å². The van der Waals surface area contributed by atoms with Gasteiger partial charge in [-0.15, -0.1) is 0 Å². The van der Waals surface area contributed by atoms with Crippen molar-refractivity contribution in [2.75, 3.05) is 33.2 Å². The summed E-state index contributed by atoms with van der Waals surface area (Å²) in [7, 11) is 2.14. The third-order valence-electron chi connectivity index (χ3n) is 3.83. The predicted octanol–water partition coefficient (Wildman–Crippen LogP) is 2.22. The van der Waals surface area contributed by atoms with Crippen molar-refractivity contribution in [1.82, 2.24) is 9.80 Å². The Balaban J connectivity index is 2.24. The van der Waals surface area contributed by atoms with Crippen molar-refractivity contribution in [1.29, 1.82) is 0 Å². The number of rotatable bonds is 3. The lowest BCUT2D eigenvalue weighted by molar-refractivity contribution is 0.0633. The minimum Gasteiger partial charge on any atom is -0.329 e. The number of nitrogens with zero attached hydrogens (tertiary/aromatic N) is 2. The molecule has 1 aromatic rings. The molecule has 1 saturated heterocycles. The summed E-state index contributed by atoms with van der Waals surface area (Å²) >= 11 is 3.45. The van der Waals surface area contributed by atoms with Crippen molar-refractivity contribution in [3.63, 3.8) is 0 Å². The average molecular weight is 330 g/mol. The topological polar surface area (TPSA) is 32.5 Å². The maximum absolute atomic E-state index is 13.2. The molecule has 1 aromatic carbocycles. The van der Waals surface area contributed by atoms with Crippen LogP contribution in [0.15, 0.2) is 22.7 Å². The molecule has 2 atom stereocenters. The molecule has 5 heteroatoms. The van der Waals surface area contributed by atoms with E-state index in [2.05, 4.69) is 39.7 Å². The lowest BCUT2D eigenvalue weighted by Crippen LogP contribution is -2.52. The van der Waals surface area contributed by atoms with E-state index < -0.39 is 0 Å². The molecule has 0 amide bonds. The average Bonchev–Trinajstić information content (AvgIpc) is 2.34. The maximum Gasteiger partial charge on any atom is 0.124 e. The van der Waals surface area contributed by atoms with Gasteiger partial charge in [0.25, 0.3) is 0 Å². The molecule has 0 bridgehead atoms. The summed E-state index contributed by atoms with van der Waals surface area (Å²) in [6, 6.07) is 5.44. The monoisotopic (exact) mass is 329 g/mol. The second-order valence-electron chi connectivity index (χ2n) is 5.27. The Morgan fingerprint density at radius 1 is 1.47 bits per heavy atom. The molecule has 0 aliphatic carbocycles. The van der Waals surface area contributed by atoms with E-state index in [-0.39, 0.29) is 11.9 Å². The highest BCUT2D eigenvalue weighted by Gasteiger charge is 2.29. The first-order valence-electron chi connectivity index (χ1n) is 6.62. The predicted molar refractivity (Wildman–Crippen MR) is 79.6 cm³/mol. The van der Waals surface area contributed by atoms with Crippen molar-refractivity contribution in [2.45, 2.75) is 19.0 Å². The molecule has 3 nitrogen and oxygen atoms in total. The van der Waals surface area contributed by atoms with E-state index in [1.54, 1.807) is 0 Å². The first kappa shape index (κ1) is 14.9. The Labute approximate surface area is 122 Å². The summed E-state index contributed by atoms with van der Waals surface area (Å²) in [5.41, 5.74) is 7.04. The zero-order chi connectivity index (χ0) is 14.0. The first-order valence-corrected chi connectivity index (χ1v) is 7.41. The molecule has 1 heterocycles. The van der Waals surface area contributed by atoms with Gasteiger partial charge in [0.15, 0.2) is 0 Å².